The quantitative estimate of drug-likeness (QED) is 0.210. The van der Waals surface area contributed by atoms with Gasteiger partial charge in [-0.1, -0.05) is 133 Å². The van der Waals surface area contributed by atoms with Crippen LogP contribution in [0.4, 0.5) is 0 Å². The van der Waals surface area contributed by atoms with Crippen molar-refractivity contribution in [1.82, 2.24) is 9.97 Å². The van der Waals surface area contributed by atoms with Gasteiger partial charge < -0.3 is 0 Å². The number of benzene rings is 7. The maximum atomic E-state index is 4.99. The first-order valence-corrected chi connectivity index (χ1v) is 14.3. The molecule has 0 fully saturated rings. The Labute approximate surface area is 244 Å². The van der Waals surface area contributed by atoms with Gasteiger partial charge in [-0.15, -0.1) is 0 Å². The lowest BCUT2D eigenvalue weighted by Gasteiger charge is -2.15. The van der Waals surface area contributed by atoms with Crippen molar-refractivity contribution in [3.05, 3.63) is 158 Å². The van der Waals surface area contributed by atoms with Crippen molar-refractivity contribution < 1.29 is 0 Å². The minimum Gasteiger partial charge on any atom is -0.237 e. The summed E-state index contributed by atoms with van der Waals surface area (Å²) >= 11 is 0. The second-order valence-electron chi connectivity index (χ2n) is 10.6. The Hall–Kier alpha value is -5.60. The van der Waals surface area contributed by atoms with Crippen molar-refractivity contribution in [3.63, 3.8) is 0 Å². The molecule has 0 spiro atoms. The summed E-state index contributed by atoms with van der Waals surface area (Å²) in [6.07, 6.45) is 1.85. The van der Waals surface area contributed by atoms with Crippen LogP contribution < -0.4 is 0 Å². The summed E-state index contributed by atoms with van der Waals surface area (Å²) < 4.78 is 0. The van der Waals surface area contributed by atoms with Crippen molar-refractivity contribution in [2.75, 3.05) is 0 Å². The largest absolute Gasteiger partial charge is 0.237 e. The molecule has 0 aliphatic heterocycles. The molecular weight excluding hydrogens is 508 g/mol. The summed E-state index contributed by atoms with van der Waals surface area (Å²) in [5, 5.41) is 7.70. The molecule has 0 aliphatic rings. The van der Waals surface area contributed by atoms with Crippen molar-refractivity contribution in [2.24, 2.45) is 0 Å². The smallest absolute Gasteiger partial charge is 0.159 e. The Morgan fingerprint density at radius 2 is 0.857 bits per heavy atom. The Morgan fingerprint density at radius 1 is 0.333 bits per heavy atom. The molecule has 8 aromatic rings. The molecule has 42 heavy (non-hydrogen) atoms. The fraction of sp³-hybridized carbons (Fsp3) is 0. The zero-order valence-electron chi connectivity index (χ0n) is 22.9. The summed E-state index contributed by atoms with van der Waals surface area (Å²) in [7, 11) is 0. The molecular formula is C40H26N2. The van der Waals surface area contributed by atoms with E-state index in [0.717, 1.165) is 33.8 Å². The van der Waals surface area contributed by atoms with Gasteiger partial charge in [-0.2, -0.15) is 0 Å². The van der Waals surface area contributed by atoms with E-state index in [2.05, 4.69) is 120 Å². The van der Waals surface area contributed by atoms with E-state index in [1.54, 1.807) is 0 Å². The molecule has 0 bridgehead atoms. The zero-order valence-corrected chi connectivity index (χ0v) is 22.9. The van der Waals surface area contributed by atoms with E-state index in [9.17, 15) is 0 Å². The first-order chi connectivity index (χ1) is 20.8. The minimum absolute atomic E-state index is 0.727. The summed E-state index contributed by atoms with van der Waals surface area (Å²) in [6, 6.07) is 53.8. The van der Waals surface area contributed by atoms with Crippen LogP contribution >= 0.6 is 0 Å². The third kappa shape index (κ3) is 4.13. The lowest BCUT2D eigenvalue weighted by Crippen LogP contribution is -1.94. The highest BCUT2D eigenvalue weighted by Crippen LogP contribution is 2.39. The Bertz CT molecular complexity index is 2200. The molecule has 0 aliphatic carbocycles. The zero-order chi connectivity index (χ0) is 27.9. The molecule has 7 aromatic carbocycles. The van der Waals surface area contributed by atoms with Gasteiger partial charge in [-0.25, -0.2) is 9.97 Å². The molecule has 0 saturated carbocycles. The highest BCUT2D eigenvalue weighted by atomic mass is 14.9. The van der Waals surface area contributed by atoms with Gasteiger partial charge in [-0.05, 0) is 72.8 Å². The van der Waals surface area contributed by atoms with Crippen LogP contribution in [0.15, 0.2) is 158 Å². The van der Waals surface area contributed by atoms with Crippen molar-refractivity contribution in [2.45, 2.75) is 0 Å². The molecule has 0 N–H and O–H groups in total. The predicted molar refractivity (Wildman–Crippen MR) is 176 cm³/mol. The van der Waals surface area contributed by atoms with Crippen LogP contribution in [-0.4, -0.2) is 9.97 Å². The number of nitrogens with zero attached hydrogens (tertiary/aromatic N) is 2. The topological polar surface area (TPSA) is 25.8 Å². The second-order valence-corrected chi connectivity index (χ2v) is 10.6. The molecule has 0 atom stereocenters. The van der Waals surface area contributed by atoms with E-state index < -0.39 is 0 Å². The van der Waals surface area contributed by atoms with E-state index in [1.807, 2.05) is 42.6 Å². The lowest BCUT2D eigenvalue weighted by molar-refractivity contribution is 1.18. The standard InChI is InChI=1S/C40H26N2/c1-3-11-27(12-4-1)37-25-29(20-22-36(37)39-23-24-41-40(42-39)28-13-5-2-6-14-28)30-19-21-35-33-17-8-7-15-31(33)32-16-9-10-18-34(32)38(35)26-30/h1-26H. The van der Waals surface area contributed by atoms with Gasteiger partial charge in [0.1, 0.15) is 0 Å². The number of rotatable bonds is 4. The molecule has 1 aromatic heterocycles. The van der Waals surface area contributed by atoms with E-state index in [1.165, 1.54) is 43.4 Å². The van der Waals surface area contributed by atoms with Gasteiger partial charge in [0.15, 0.2) is 5.82 Å². The van der Waals surface area contributed by atoms with Crippen LogP contribution in [0, 0.1) is 0 Å². The Morgan fingerprint density at radius 3 is 1.52 bits per heavy atom. The normalized spacial score (nSPS) is 11.3. The number of fused-ring (bicyclic) bond motifs is 6. The molecule has 0 radical (unpaired) electrons. The average Bonchev–Trinajstić information content (AvgIpc) is 3.09. The van der Waals surface area contributed by atoms with Crippen molar-refractivity contribution >= 4 is 32.3 Å². The number of hydrogen-bond donors (Lipinski definition) is 0. The van der Waals surface area contributed by atoms with Crippen LogP contribution in [0.1, 0.15) is 0 Å². The molecule has 2 nitrogen and oxygen atoms in total. The van der Waals surface area contributed by atoms with Crippen molar-refractivity contribution in [3.8, 4) is 44.9 Å². The van der Waals surface area contributed by atoms with Crippen molar-refractivity contribution in [1.29, 1.82) is 0 Å². The molecule has 0 unspecified atom stereocenters. The highest BCUT2D eigenvalue weighted by Gasteiger charge is 2.14. The van der Waals surface area contributed by atoms with Gasteiger partial charge in [0.25, 0.3) is 0 Å². The first kappa shape index (κ1) is 24.2. The van der Waals surface area contributed by atoms with Crippen LogP contribution in [0.3, 0.4) is 0 Å². The van der Waals surface area contributed by atoms with E-state index in [4.69, 9.17) is 4.98 Å². The molecule has 8 rings (SSSR count). The second kappa shape index (κ2) is 10.1. The Kier molecular flexibility index (Phi) is 5.82. The monoisotopic (exact) mass is 534 g/mol. The van der Waals surface area contributed by atoms with Crippen LogP contribution in [0.5, 0.6) is 0 Å². The van der Waals surface area contributed by atoms with Gasteiger partial charge in [-0.3, -0.25) is 0 Å². The average molecular weight is 535 g/mol. The molecule has 0 saturated heterocycles. The fourth-order valence-corrected chi connectivity index (χ4v) is 6.13. The van der Waals surface area contributed by atoms with Gasteiger partial charge in [0.05, 0.1) is 5.69 Å². The SMILES string of the molecule is c1ccc(-c2nccc(-c3ccc(-c4ccc5c6ccccc6c6ccccc6c5c4)cc3-c3ccccc3)n2)cc1. The van der Waals surface area contributed by atoms with Crippen LogP contribution in [0.2, 0.25) is 0 Å². The maximum absolute atomic E-state index is 4.99. The molecule has 0 amide bonds. The molecule has 196 valence electrons. The van der Waals surface area contributed by atoms with E-state index >= 15 is 0 Å². The van der Waals surface area contributed by atoms with Crippen LogP contribution in [-0.2, 0) is 0 Å². The summed E-state index contributed by atoms with van der Waals surface area (Å²) in [5.74, 6) is 0.727. The Balaban J connectivity index is 1.32. The summed E-state index contributed by atoms with van der Waals surface area (Å²) in [4.78, 5) is 9.56. The van der Waals surface area contributed by atoms with Gasteiger partial charge >= 0.3 is 0 Å². The number of aromatic nitrogens is 2. The van der Waals surface area contributed by atoms with E-state index in [0.29, 0.717) is 0 Å². The number of hydrogen-bond acceptors (Lipinski definition) is 2. The third-order valence-corrected chi connectivity index (χ3v) is 8.15. The lowest BCUT2D eigenvalue weighted by atomic mass is 9.90. The first-order valence-electron chi connectivity index (χ1n) is 14.3. The highest BCUT2D eigenvalue weighted by molar-refractivity contribution is 6.25. The predicted octanol–water partition coefficient (Wildman–Crippen LogP) is 10.6. The third-order valence-electron chi connectivity index (χ3n) is 8.15. The minimum atomic E-state index is 0.727. The fourth-order valence-electron chi connectivity index (χ4n) is 6.13. The van der Waals surface area contributed by atoms with Gasteiger partial charge in [0.2, 0.25) is 0 Å². The molecule has 2 heteroatoms. The maximum Gasteiger partial charge on any atom is 0.159 e. The van der Waals surface area contributed by atoms with E-state index in [-0.39, 0.29) is 0 Å². The molecule has 1 heterocycles. The summed E-state index contributed by atoms with van der Waals surface area (Å²) in [5.41, 5.74) is 7.68. The summed E-state index contributed by atoms with van der Waals surface area (Å²) in [6.45, 7) is 0. The van der Waals surface area contributed by atoms with Crippen LogP contribution in [0.25, 0.3) is 77.2 Å². The van der Waals surface area contributed by atoms with Gasteiger partial charge in [0, 0.05) is 17.3 Å².